The molecule has 0 spiro atoms. The van der Waals surface area contributed by atoms with Crippen molar-refractivity contribution in [2.24, 2.45) is 0 Å². The van der Waals surface area contributed by atoms with E-state index in [-0.39, 0.29) is 13.1 Å². The number of benzene rings is 2. The van der Waals surface area contributed by atoms with Crippen molar-refractivity contribution >= 4 is 10.0 Å². The zero-order chi connectivity index (χ0) is 16.9. The number of hydrogen-bond acceptors (Lipinski definition) is 3. The van der Waals surface area contributed by atoms with E-state index in [0.29, 0.717) is 6.42 Å². The highest BCUT2D eigenvalue weighted by molar-refractivity contribution is 7.89. The van der Waals surface area contributed by atoms with Gasteiger partial charge in [0.15, 0.2) is 4.90 Å². The van der Waals surface area contributed by atoms with E-state index in [1.54, 1.807) is 0 Å². The van der Waals surface area contributed by atoms with Crippen molar-refractivity contribution in [1.82, 2.24) is 4.31 Å². The molecule has 0 amide bonds. The van der Waals surface area contributed by atoms with Crippen molar-refractivity contribution in [3.63, 3.8) is 0 Å². The second-order valence-electron chi connectivity index (χ2n) is 4.91. The van der Waals surface area contributed by atoms with Gasteiger partial charge in [0.05, 0.1) is 6.61 Å². The molecule has 0 fully saturated rings. The van der Waals surface area contributed by atoms with E-state index in [0.717, 1.165) is 28.1 Å². The first-order chi connectivity index (χ1) is 11.0. The number of halogens is 2. The summed E-state index contributed by atoms with van der Waals surface area (Å²) in [6, 6.07) is 12.0. The van der Waals surface area contributed by atoms with Crippen LogP contribution in [0.3, 0.4) is 0 Å². The van der Waals surface area contributed by atoms with Crippen LogP contribution in [-0.4, -0.2) is 37.5 Å². The van der Waals surface area contributed by atoms with Gasteiger partial charge in [0.25, 0.3) is 0 Å². The molecule has 1 N–H and O–H groups in total. The molecule has 2 aromatic rings. The summed E-state index contributed by atoms with van der Waals surface area (Å²) in [6.45, 7) is -0.659. The van der Waals surface area contributed by atoms with Crippen LogP contribution in [0.15, 0.2) is 53.4 Å². The third-order valence-corrected chi connectivity index (χ3v) is 5.31. The summed E-state index contributed by atoms with van der Waals surface area (Å²) in [4.78, 5) is -0.985. The molecule has 0 saturated carbocycles. The summed E-state index contributed by atoms with van der Waals surface area (Å²) in [5.74, 6) is -2.29. The van der Waals surface area contributed by atoms with Crippen molar-refractivity contribution in [3.05, 3.63) is 65.7 Å². The summed E-state index contributed by atoms with van der Waals surface area (Å²) < 4.78 is 53.5. The predicted molar refractivity (Wildman–Crippen MR) is 82.3 cm³/mol. The lowest BCUT2D eigenvalue weighted by Gasteiger charge is -2.22. The molecule has 0 radical (unpaired) electrons. The second-order valence-corrected chi connectivity index (χ2v) is 6.79. The summed E-state index contributed by atoms with van der Waals surface area (Å²) in [5.41, 5.74) is 0.889. The minimum Gasteiger partial charge on any atom is -0.395 e. The molecule has 4 nitrogen and oxygen atoms in total. The Bertz CT molecular complexity index is 731. The first-order valence-corrected chi connectivity index (χ1v) is 8.49. The van der Waals surface area contributed by atoms with Crippen LogP contribution in [0.5, 0.6) is 0 Å². The summed E-state index contributed by atoms with van der Waals surface area (Å²) in [6.07, 6.45) is 0.371. The lowest BCUT2D eigenvalue weighted by molar-refractivity contribution is 0.253. The van der Waals surface area contributed by atoms with Gasteiger partial charge in [0, 0.05) is 13.1 Å². The molecular weight excluding hydrogens is 324 g/mol. The Kier molecular flexibility index (Phi) is 5.81. The third kappa shape index (κ3) is 4.13. The first kappa shape index (κ1) is 17.5. The molecule has 0 aliphatic carbocycles. The van der Waals surface area contributed by atoms with Crippen molar-refractivity contribution in [1.29, 1.82) is 0 Å². The Morgan fingerprint density at radius 1 is 0.913 bits per heavy atom. The molecule has 0 aliphatic rings. The summed E-state index contributed by atoms with van der Waals surface area (Å²) in [5, 5.41) is 9.09. The van der Waals surface area contributed by atoms with Gasteiger partial charge >= 0.3 is 0 Å². The fourth-order valence-corrected chi connectivity index (χ4v) is 3.76. The van der Waals surface area contributed by atoms with E-state index in [1.807, 2.05) is 30.3 Å². The number of sulfonamides is 1. The van der Waals surface area contributed by atoms with Gasteiger partial charge in [0.2, 0.25) is 10.0 Å². The largest absolute Gasteiger partial charge is 0.395 e. The molecule has 2 aromatic carbocycles. The van der Waals surface area contributed by atoms with Gasteiger partial charge in [0.1, 0.15) is 11.6 Å². The molecule has 7 heteroatoms. The lowest BCUT2D eigenvalue weighted by atomic mass is 10.1. The Hall–Kier alpha value is -1.83. The van der Waals surface area contributed by atoms with Gasteiger partial charge in [-0.3, -0.25) is 0 Å². The summed E-state index contributed by atoms with van der Waals surface area (Å²) >= 11 is 0. The van der Waals surface area contributed by atoms with Crippen LogP contribution in [-0.2, 0) is 16.4 Å². The van der Waals surface area contributed by atoms with E-state index >= 15 is 0 Å². The summed E-state index contributed by atoms with van der Waals surface area (Å²) in [7, 11) is -4.37. The van der Waals surface area contributed by atoms with E-state index < -0.39 is 33.2 Å². The molecule has 0 saturated heterocycles. The third-order valence-electron chi connectivity index (χ3n) is 3.36. The van der Waals surface area contributed by atoms with Crippen molar-refractivity contribution in [3.8, 4) is 0 Å². The van der Waals surface area contributed by atoms with Gasteiger partial charge in [-0.05, 0) is 24.1 Å². The van der Waals surface area contributed by atoms with Gasteiger partial charge in [-0.2, -0.15) is 4.31 Å². The van der Waals surface area contributed by atoms with Crippen LogP contribution < -0.4 is 0 Å². The van der Waals surface area contributed by atoms with Gasteiger partial charge in [-0.15, -0.1) is 0 Å². The highest BCUT2D eigenvalue weighted by atomic mass is 32.2. The highest BCUT2D eigenvalue weighted by Crippen LogP contribution is 2.22. The smallest absolute Gasteiger partial charge is 0.249 e. The standard InChI is InChI=1S/C16H17F2NO3S/c17-14-7-4-8-15(18)16(14)23(21,22)19(11-12-20)10-9-13-5-2-1-3-6-13/h1-8,20H,9-12H2. The molecule has 23 heavy (non-hydrogen) atoms. The topological polar surface area (TPSA) is 57.6 Å². The maximum absolute atomic E-state index is 13.8. The quantitative estimate of drug-likeness (QED) is 0.840. The number of aliphatic hydroxyl groups excluding tert-OH is 1. The number of aliphatic hydroxyl groups is 1. The van der Waals surface area contributed by atoms with E-state index in [9.17, 15) is 17.2 Å². The minimum absolute atomic E-state index is 0.0146. The fraction of sp³-hybridized carbons (Fsp3) is 0.250. The predicted octanol–water partition coefficient (Wildman–Crippen LogP) is 2.19. The Morgan fingerprint density at radius 2 is 1.52 bits per heavy atom. The minimum atomic E-state index is -4.37. The maximum Gasteiger partial charge on any atom is 0.249 e. The highest BCUT2D eigenvalue weighted by Gasteiger charge is 2.30. The molecule has 0 aromatic heterocycles. The number of nitrogens with zero attached hydrogens (tertiary/aromatic N) is 1. The molecule has 0 bridgehead atoms. The van der Waals surface area contributed by atoms with Crippen LogP contribution >= 0.6 is 0 Å². The van der Waals surface area contributed by atoms with Crippen LogP contribution in [0.25, 0.3) is 0 Å². The van der Waals surface area contributed by atoms with Crippen molar-refractivity contribution < 1.29 is 22.3 Å². The fourth-order valence-electron chi connectivity index (χ4n) is 2.22. The van der Waals surface area contributed by atoms with Crippen LogP contribution in [0.4, 0.5) is 8.78 Å². The molecule has 0 heterocycles. The van der Waals surface area contributed by atoms with Crippen LogP contribution in [0.2, 0.25) is 0 Å². The van der Waals surface area contributed by atoms with Crippen molar-refractivity contribution in [2.75, 3.05) is 19.7 Å². The van der Waals surface area contributed by atoms with E-state index in [4.69, 9.17) is 5.11 Å². The molecule has 124 valence electrons. The van der Waals surface area contributed by atoms with E-state index in [1.165, 1.54) is 0 Å². The molecule has 2 rings (SSSR count). The van der Waals surface area contributed by atoms with Crippen LogP contribution in [0, 0.1) is 11.6 Å². The normalized spacial score (nSPS) is 11.8. The number of rotatable bonds is 7. The Balaban J connectivity index is 2.28. The molecule has 0 aliphatic heterocycles. The van der Waals surface area contributed by atoms with Crippen LogP contribution in [0.1, 0.15) is 5.56 Å². The number of hydrogen-bond donors (Lipinski definition) is 1. The molecular formula is C16H17F2NO3S. The zero-order valence-corrected chi connectivity index (χ0v) is 13.1. The monoisotopic (exact) mass is 341 g/mol. The van der Waals surface area contributed by atoms with Crippen molar-refractivity contribution in [2.45, 2.75) is 11.3 Å². The average Bonchev–Trinajstić information content (AvgIpc) is 2.52. The van der Waals surface area contributed by atoms with E-state index in [2.05, 4.69) is 0 Å². The second kappa shape index (κ2) is 7.63. The Morgan fingerprint density at radius 3 is 2.09 bits per heavy atom. The first-order valence-electron chi connectivity index (χ1n) is 7.05. The van der Waals surface area contributed by atoms with Gasteiger partial charge < -0.3 is 5.11 Å². The Labute approximate surface area is 134 Å². The lowest BCUT2D eigenvalue weighted by Crippen LogP contribution is -2.36. The van der Waals surface area contributed by atoms with Gasteiger partial charge in [-0.1, -0.05) is 36.4 Å². The average molecular weight is 341 g/mol. The maximum atomic E-state index is 13.8. The van der Waals surface area contributed by atoms with Gasteiger partial charge in [-0.25, -0.2) is 17.2 Å². The molecule has 0 atom stereocenters. The molecule has 0 unspecified atom stereocenters. The zero-order valence-electron chi connectivity index (χ0n) is 12.3. The SMILES string of the molecule is O=S(=O)(c1c(F)cccc1F)N(CCO)CCc1ccccc1.